The lowest BCUT2D eigenvalue weighted by atomic mass is 9.92. The van der Waals surface area contributed by atoms with Crippen molar-refractivity contribution in [2.75, 3.05) is 59.3 Å². The molecule has 0 radical (unpaired) electrons. The van der Waals surface area contributed by atoms with Crippen LogP contribution in [0.3, 0.4) is 0 Å². The van der Waals surface area contributed by atoms with Gasteiger partial charge in [-0.15, -0.1) is 10.2 Å². The Bertz CT molecular complexity index is 2450. The van der Waals surface area contributed by atoms with Crippen molar-refractivity contribution in [3.8, 4) is 0 Å². The number of ether oxygens (including phenoxy) is 4. The molecule has 1 unspecified atom stereocenters. The second-order valence-corrected chi connectivity index (χ2v) is 19.5. The van der Waals surface area contributed by atoms with Gasteiger partial charge >= 0.3 is 23.9 Å². The highest BCUT2D eigenvalue weighted by Crippen LogP contribution is 2.16. The molecule has 0 aromatic carbocycles. The number of carbonyl (C=O) groups excluding carboxylic acids is 9. The fourth-order valence-electron chi connectivity index (χ4n) is 8.17. The molecule has 2 aromatic heterocycles. The van der Waals surface area contributed by atoms with Crippen molar-refractivity contribution in [1.82, 2.24) is 56.6 Å². The van der Waals surface area contributed by atoms with Crippen LogP contribution < -0.4 is 32.3 Å². The molecule has 33 nitrogen and oxygen atoms in total. The number of aromatic nitrogens is 6. The zero-order valence-corrected chi connectivity index (χ0v) is 47.4. The number of carbonyl (C=O) groups is 13. The molecule has 5 amide bonds. The average Bonchev–Trinajstić information content (AvgIpc) is 4.33. The molecule has 0 spiro atoms. The number of unbranched alkanes of at least 4 members (excludes halogenated alkanes) is 3. The first kappa shape index (κ1) is 72.8. The summed E-state index contributed by atoms with van der Waals surface area (Å²) in [6.07, 6.45) is 3.05. The lowest BCUT2D eigenvalue weighted by Crippen LogP contribution is -2.50. The van der Waals surface area contributed by atoms with Crippen LogP contribution in [0.4, 0.5) is 0 Å². The second-order valence-electron chi connectivity index (χ2n) is 19.5. The number of aliphatic carboxylic acids is 4. The van der Waals surface area contributed by atoms with E-state index in [1.165, 1.54) is 4.68 Å². The van der Waals surface area contributed by atoms with Crippen LogP contribution in [0.1, 0.15) is 121 Å². The molecule has 0 bridgehead atoms. The van der Waals surface area contributed by atoms with E-state index in [9.17, 15) is 72.5 Å². The molecule has 33 heteroatoms. The number of hydrogen-bond acceptors (Lipinski definition) is 22. The van der Waals surface area contributed by atoms with Crippen LogP contribution in [0.15, 0.2) is 12.4 Å². The summed E-state index contributed by atoms with van der Waals surface area (Å²) in [7, 11) is 0. The van der Waals surface area contributed by atoms with Crippen molar-refractivity contribution in [2.24, 2.45) is 17.6 Å². The molecule has 474 valence electrons. The maximum Gasteiger partial charge on any atom is 0.305 e. The standard InChI is InChI=1S/C52H80N12O21/c53-16-21-82-23-24-83-22-18-55-52(81)39(58-51(80)35(27-48(75)76)25-42(67)40(28-49(77)78)56-44(69)12-2-5-19-63-29-37(59-61-63)9-7-14-46(71)72)11-1-4-17-54-50(79)36(31-84-33-65)26-43(68)41(32-85-34-66)57-45(70)13-3-6-20-64-30-38(60-62-64)10-8-15-47(73)74/h29-30,33-36,39-41H,1-28,31-32,53H2,(H,54,79)(H,55,81)(H,56,69)(H,57,70)(H,58,80)(H,71,72)(H,73,74)(H,75,76)(H,77,78)/t35?,36-,39-,40-,41-/m0/s1. The lowest BCUT2D eigenvalue weighted by Gasteiger charge is -2.23. The van der Waals surface area contributed by atoms with Gasteiger partial charge in [-0.1, -0.05) is 10.4 Å². The number of rotatable bonds is 53. The average molecular weight is 1210 g/mol. The van der Waals surface area contributed by atoms with Crippen LogP contribution in [-0.2, 0) is 107 Å². The Balaban J connectivity index is 2.07. The number of carboxylic acids is 4. The quantitative estimate of drug-likeness (QED) is 0.0253. The van der Waals surface area contributed by atoms with Gasteiger partial charge in [0, 0.05) is 83.6 Å². The Morgan fingerprint density at radius 2 is 1.02 bits per heavy atom. The van der Waals surface area contributed by atoms with Gasteiger partial charge in [0.25, 0.3) is 12.9 Å². The summed E-state index contributed by atoms with van der Waals surface area (Å²) in [6, 6.07) is -4.40. The number of nitrogens with zero attached hydrogens (tertiary/aromatic N) is 6. The normalized spacial score (nSPS) is 12.7. The Morgan fingerprint density at radius 1 is 0.506 bits per heavy atom. The third kappa shape index (κ3) is 34.1. The molecule has 0 saturated carbocycles. The number of nitrogens with one attached hydrogen (secondary N) is 5. The zero-order chi connectivity index (χ0) is 62.8. The molecule has 0 aliphatic rings. The number of amides is 5. The third-order valence-electron chi connectivity index (χ3n) is 12.5. The minimum atomic E-state index is -1.66. The van der Waals surface area contributed by atoms with Crippen molar-refractivity contribution in [3.63, 3.8) is 0 Å². The van der Waals surface area contributed by atoms with Gasteiger partial charge in [0.05, 0.1) is 68.5 Å². The van der Waals surface area contributed by atoms with Crippen LogP contribution in [0, 0.1) is 11.8 Å². The summed E-state index contributed by atoms with van der Waals surface area (Å²) in [5, 5.41) is 65.6. The molecule has 5 atom stereocenters. The van der Waals surface area contributed by atoms with Crippen LogP contribution >= 0.6 is 0 Å². The maximum absolute atomic E-state index is 13.8. The zero-order valence-electron chi connectivity index (χ0n) is 47.4. The van der Waals surface area contributed by atoms with Crippen molar-refractivity contribution in [3.05, 3.63) is 23.8 Å². The largest absolute Gasteiger partial charge is 0.481 e. The summed E-state index contributed by atoms with van der Waals surface area (Å²) < 4.78 is 23.4. The van der Waals surface area contributed by atoms with E-state index in [0.717, 1.165) is 0 Å². The van der Waals surface area contributed by atoms with E-state index in [1.807, 2.05) is 0 Å². The second kappa shape index (κ2) is 43.3. The predicted molar refractivity (Wildman–Crippen MR) is 290 cm³/mol. The smallest absolute Gasteiger partial charge is 0.305 e. The molecule has 2 heterocycles. The third-order valence-corrected chi connectivity index (χ3v) is 12.5. The number of nitrogens with two attached hydrogens (primary N) is 1. The Kier molecular flexibility index (Phi) is 37.1. The van der Waals surface area contributed by atoms with Gasteiger partial charge in [0.1, 0.15) is 25.3 Å². The Labute approximate surface area is 488 Å². The molecule has 0 saturated heterocycles. The molecule has 2 aromatic rings. The lowest BCUT2D eigenvalue weighted by molar-refractivity contribution is -0.144. The minimum absolute atomic E-state index is 0.0116. The van der Waals surface area contributed by atoms with Gasteiger partial charge in [-0.05, 0) is 70.6 Å². The van der Waals surface area contributed by atoms with E-state index >= 15 is 0 Å². The fraction of sp³-hybridized carbons (Fsp3) is 0.673. The van der Waals surface area contributed by atoms with Gasteiger partial charge < -0.3 is 71.7 Å². The summed E-state index contributed by atoms with van der Waals surface area (Å²) in [5.41, 5.74) is 6.61. The fourth-order valence-corrected chi connectivity index (χ4v) is 8.17. The first-order valence-electron chi connectivity index (χ1n) is 27.9. The Morgan fingerprint density at radius 3 is 1.56 bits per heavy atom. The minimum Gasteiger partial charge on any atom is -0.481 e. The summed E-state index contributed by atoms with van der Waals surface area (Å²) in [5.74, 6) is -13.3. The maximum atomic E-state index is 13.8. The van der Waals surface area contributed by atoms with Crippen LogP contribution in [-0.4, -0.2) is 206 Å². The van der Waals surface area contributed by atoms with E-state index in [2.05, 4.69) is 47.2 Å². The monoisotopic (exact) mass is 1210 g/mol. The first-order valence-corrected chi connectivity index (χ1v) is 27.9. The van der Waals surface area contributed by atoms with Crippen LogP contribution in [0.2, 0.25) is 0 Å². The Hall–Kier alpha value is -8.33. The van der Waals surface area contributed by atoms with Gasteiger partial charge in [-0.2, -0.15) is 0 Å². The molecule has 0 fully saturated rings. The van der Waals surface area contributed by atoms with Gasteiger partial charge in [0.15, 0.2) is 11.6 Å². The van der Waals surface area contributed by atoms with Crippen LogP contribution in [0.25, 0.3) is 0 Å². The number of aryl methyl sites for hydroxylation is 4. The molecule has 2 rings (SSSR count). The summed E-state index contributed by atoms with van der Waals surface area (Å²) in [4.78, 5) is 161. The highest BCUT2D eigenvalue weighted by molar-refractivity contribution is 5.97. The topological polar surface area (TPSA) is 487 Å². The summed E-state index contributed by atoms with van der Waals surface area (Å²) in [6.45, 7) is 0.600. The number of hydrogen-bond donors (Lipinski definition) is 10. The SMILES string of the molecule is NCCOCCOCCNC(=O)[C@H](CCCCNC(=O)[C@H](COC=O)CC(=O)[C@H](COC=O)NC(=O)CCCCn1cc(CCCC(=O)O)nn1)NC(=O)C(CC(=O)O)CC(=O)[C@H](CC(=O)O)NC(=O)CCCCn1cc(CCCC(=O)O)nn1. The number of carboxylic acid groups (broad SMARTS) is 4. The van der Waals surface area contributed by atoms with E-state index < -0.39 is 134 Å². The van der Waals surface area contributed by atoms with Crippen molar-refractivity contribution in [2.45, 2.75) is 153 Å². The predicted octanol–water partition coefficient (Wildman–Crippen LogP) is -1.98. The number of ketones is 2. The van der Waals surface area contributed by atoms with Gasteiger partial charge in [0.2, 0.25) is 29.5 Å². The van der Waals surface area contributed by atoms with Crippen LogP contribution in [0.5, 0.6) is 0 Å². The highest BCUT2D eigenvalue weighted by atomic mass is 16.5. The molecular formula is C52H80N12O21. The number of Topliss-reactive ketones (excluding diaryl/α,β-unsaturated/α-hetero) is 2. The van der Waals surface area contributed by atoms with Crippen molar-refractivity contribution in [1.29, 1.82) is 0 Å². The molecular weight excluding hydrogens is 1130 g/mol. The van der Waals surface area contributed by atoms with Crippen molar-refractivity contribution >= 4 is 77.9 Å². The molecule has 0 aliphatic carbocycles. The van der Waals surface area contributed by atoms with Crippen molar-refractivity contribution < 1.29 is 102 Å². The van der Waals surface area contributed by atoms with E-state index in [-0.39, 0.29) is 97.2 Å². The van der Waals surface area contributed by atoms with Gasteiger partial charge in [-0.25, -0.2) is 0 Å². The first-order chi connectivity index (χ1) is 40.7. The van der Waals surface area contributed by atoms with E-state index in [0.29, 0.717) is 82.6 Å². The van der Waals surface area contributed by atoms with E-state index in [4.69, 9.17) is 34.9 Å². The van der Waals surface area contributed by atoms with E-state index in [1.54, 1.807) is 17.1 Å². The molecule has 11 N–H and O–H groups in total. The highest BCUT2D eigenvalue weighted by Gasteiger charge is 2.33. The van der Waals surface area contributed by atoms with Gasteiger partial charge in [-0.3, -0.25) is 71.7 Å². The molecule has 0 aliphatic heterocycles. The molecule has 85 heavy (non-hydrogen) atoms. The summed E-state index contributed by atoms with van der Waals surface area (Å²) >= 11 is 0.